The van der Waals surface area contributed by atoms with E-state index in [1.54, 1.807) is 20.8 Å². The third kappa shape index (κ3) is 7.03. The number of nitrogens with zero attached hydrogens (tertiary/aromatic N) is 1. The standard InChI is InChI=1S/C21H34FN5O3/c1-20(2,3)27-18(28)12-11-13(22)17(26-16(12)23)24-14-9-7-8-10-15(14)25-19(29)30-21(4,5)6/h11,14-15H,7-10H2,1-6H3,(H,25,29)(H,27,28)(H3,23,24,26)/t14-,15+/m1/s1. The van der Waals surface area contributed by atoms with Crippen molar-refractivity contribution in [3.8, 4) is 0 Å². The highest BCUT2D eigenvalue weighted by atomic mass is 19.1. The van der Waals surface area contributed by atoms with Gasteiger partial charge >= 0.3 is 6.09 Å². The number of anilines is 2. The largest absolute Gasteiger partial charge is 0.444 e. The number of nitrogen functional groups attached to an aromatic ring is 1. The van der Waals surface area contributed by atoms with Gasteiger partial charge in [-0.05, 0) is 60.5 Å². The average molecular weight is 424 g/mol. The molecule has 5 N–H and O–H groups in total. The minimum atomic E-state index is -0.676. The molecule has 9 heteroatoms. The van der Waals surface area contributed by atoms with Crippen LogP contribution in [0.3, 0.4) is 0 Å². The van der Waals surface area contributed by atoms with Gasteiger partial charge in [-0.2, -0.15) is 0 Å². The monoisotopic (exact) mass is 423 g/mol. The lowest BCUT2D eigenvalue weighted by Gasteiger charge is -2.33. The number of ether oxygens (including phenoxy) is 1. The number of carbonyl (C=O) groups excluding carboxylic acids is 2. The number of alkyl carbamates (subject to hydrolysis) is 1. The quantitative estimate of drug-likeness (QED) is 0.588. The van der Waals surface area contributed by atoms with Gasteiger partial charge in [0.15, 0.2) is 11.6 Å². The van der Waals surface area contributed by atoms with Crippen molar-refractivity contribution in [2.75, 3.05) is 11.1 Å². The molecule has 168 valence electrons. The molecule has 0 bridgehead atoms. The average Bonchev–Trinajstić information content (AvgIpc) is 2.56. The van der Waals surface area contributed by atoms with Gasteiger partial charge in [-0.1, -0.05) is 12.8 Å². The van der Waals surface area contributed by atoms with Crippen molar-refractivity contribution < 1.29 is 18.7 Å². The first-order valence-corrected chi connectivity index (χ1v) is 10.3. The molecule has 2 rings (SSSR count). The Kier molecular flexibility index (Phi) is 7.15. The fraction of sp³-hybridized carbons (Fsp3) is 0.667. The summed E-state index contributed by atoms with van der Waals surface area (Å²) in [5, 5.41) is 8.66. The van der Waals surface area contributed by atoms with Crippen LogP contribution in [-0.2, 0) is 4.74 Å². The lowest BCUT2D eigenvalue weighted by Crippen LogP contribution is -2.50. The zero-order valence-electron chi connectivity index (χ0n) is 18.7. The van der Waals surface area contributed by atoms with Crippen molar-refractivity contribution in [1.82, 2.24) is 15.6 Å². The molecule has 0 unspecified atom stereocenters. The van der Waals surface area contributed by atoms with E-state index in [2.05, 4.69) is 20.9 Å². The van der Waals surface area contributed by atoms with Gasteiger partial charge in [0.25, 0.3) is 5.91 Å². The second-order valence-corrected chi connectivity index (χ2v) is 9.74. The number of halogens is 1. The van der Waals surface area contributed by atoms with Crippen molar-refractivity contribution in [1.29, 1.82) is 0 Å². The van der Waals surface area contributed by atoms with Crippen molar-refractivity contribution >= 4 is 23.6 Å². The van der Waals surface area contributed by atoms with E-state index in [1.165, 1.54) is 0 Å². The van der Waals surface area contributed by atoms with E-state index in [9.17, 15) is 14.0 Å². The number of nitrogens with two attached hydrogens (primary N) is 1. The van der Waals surface area contributed by atoms with Crippen LogP contribution >= 0.6 is 0 Å². The van der Waals surface area contributed by atoms with Crippen LogP contribution < -0.4 is 21.7 Å². The Hall–Kier alpha value is -2.58. The highest BCUT2D eigenvalue weighted by Crippen LogP contribution is 2.25. The van der Waals surface area contributed by atoms with Gasteiger partial charge < -0.3 is 26.4 Å². The van der Waals surface area contributed by atoms with E-state index in [0.717, 1.165) is 31.7 Å². The summed E-state index contributed by atoms with van der Waals surface area (Å²) in [6.07, 6.45) is 2.84. The highest BCUT2D eigenvalue weighted by Gasteiger charge is 2.30. The van der Waals surface area contributed by atoms with Crippen LogP contribution in [0, 0.1) is 5.82 Å². The Bertz CT molecular complexity index is 786. The molecular weight excluding hydrogens is 389 g/mol. The van der Waals surface area contributed by atoms with Gasteiger partial charge in [0.1, 0.15) is 11.4 Å². The number of amides is 2. The number of carbonyl (C=O) groups is 2. The van der Waals surface area contributed by atoms with E-state index >= 15 is 0 Å². The van der Waals surface area contributed by atoms with Gasteiger partial charge in [-0.3, -0.25) is 4.79 Å². The highest BCUT2D eigenvalue weighted by molar-refractivity contribution is 5.99. The van der Waals surface area contributed by atoms with Crippen LogP contribution in [0.2, 0.25) is 0 Å². The summed E-state index contributed by atoms with van der Waals surface area (Å²) in [5.74, 6) is -1.26. The lowest BCUT2D eigenvalue weighted by atomic mass is 9.90. The number of rotatable bonds is 4. The van der Waals surface area contributed by atoms with Gasteiger partial charge in [0.05, 0.1) is 11.6 Å². The van der Waals surface area contributed by atoms with Crippen molar-refractivity contribution in [2.24, 2.45) is 0 Å². The first-order valence-electron chi connectivity index (χ1n) is 10.3. The van der Waals surface area contributed by atoms with Gasteiger partial charge in [0.2, 0.25) is 0 Å². The minimum absolute atomic E-state index is 0.0138. The number of nitrogens with one attached hydrogen (secondary N) is 3. The SMILES string of the molecule is CC(C)(C)NC(=O)c1cc(F)c(N[C@@H]2CCCC[C@@H]2NC(=O)OC(C)(C)C)nc1N. The van der Waals surface area contributed by atoms with E-state index in [0.29, 0.717) is 0 Å². The van der Waals surface area contributed by atoms with Crippen molar-refractivity contribution in [3.63, 3.8) is 0 Å². The number of hydrogen-bond acceptors (Lipinski definition) is 6. The predicted octanol–water partition coefficient (Wildman–Crippen LogP) is 3.58. The van der Waals surface area contributed by atoms with Crippen LogP contribution in [-0.4, -0.2) is 40.2 Å². The first-order chi connectivity index (χ1) is 13.7. The summed E-state index contributed by atoms with van der Waals surface area (Å²) in [5.41, 5.74) is 4.83. The molecule has 1 aliphatic carbocycles. The van der Waals surface area contributed by atoms with E-state index in [1.807, 2.05) is 20.8 Å². The molecule has 1 aromatic heterocycles. The number of hydrogen-bond donors (Lipinski definition) is 4. The molecule has 0 saturated heterocycles. The summed E-state index contributed by atoms with van der Waals surface area (Å²) >= 11 is 0. The third-order valence-corrected chi connectivity index (χ3v) is 4.53. The van der Waals surface area contributed by atoms with Crippen LogP contribution in [0.15, 0.2) is 6.07 Å². The van der Waals surface area contributed by atoms with E-state index < -0.39 is 29.0 Å². The fourth-order valence-electron chi connectivity index (χ4n) is 3.31. The summed E-state index contributed by atoms with van der Waals surface area (Å²) in [6.45, 7) is 10.8. The molecule has 1 aromatic rings. The van der Waals surface area contributed by atoms with E-state index in [-0.39, 0.29) is 29.3 Å². The zero-order chi connectivity index (χ0) is 22.7. The van der Waals surface area contributed by atoms with Crippen molar-refractivity contribution in [3.05, 3.63) is 17.4 Å². The van der Waals surface area contributed by atoms with E-state index in [4.69, 9.17) is 10.5 Å². The maximum atomic E-state index is 14.7. The topological polar surface area (TPSA) is 118 Å². The van der Waals surface area contributed by atoms with Gasteiger partial charge in [0, 0.05) is 11.6 Å². The van der Waals surface area contributed by atoms with Crippen LogP contribution in [0.25, 0.3) is 0 Å². The number of aromatic nitrogens is 1. The van der Waals surface area contributed by atoms with Crippen LogP contribution in [0.5, 0.6) is 0 Å². The third-order valence-electron chi connectivity index (χ3n) is 4.53. The second-order valence-electron chi connectivity index (χ2n) is 9.74. The zero-order valence-corrected chi connectivity index (χ0v) is 18.7. The molecule has 0 spiro atoms. The smallest absolute Gasteiger partial charge is 0.407 e. The minimum Gasteiger partial charge on any atom is -0.444 e. The maximum absolute atomic E-state index is 14.7. The Labute approximate surface area is 177 Å². The molecule has 1 heterocycles. The summed E-state index contributed by atoms with van der Waals surface area (Å²) in [7, 11) is 0. The normalized spacial score (nSPS) is 19.7. The maximum Gasteiger partial charge on any atom is 0.407 e. The molecule has 8 nitrogen and oxygen atoms in total. The summed E-state index contributed by atoms with van der Waals surface area (Å²) in [4.78, 5) is 28.6. The fourth-order valence-corrected chi connectivity index (χ4v) is 3.31. The molecule has 0 aliphatic heterocycles. The molecule has 2 amide bonds. The molecule has 1 fully saturated rings. The molecule has 0 radical (unpaired) electrons. The molecule has 1 aliphatic rings. The molecular formula is C21H34FN5O3. The summed E-state index contributed by atoms with van der Waals surface area (Å²) in [6, 6.07) is 0.618. The molecule has 30 heavy (non-hydrogen) atoms. The molecule has 1 saturated carbocycles. The Morgan fingerprint density at radius 3 is 2.30 bits per heavy atom. The second kappa shape index (κ2) is 9.06. The van der Waals surface area contributed by atoms with Gasteiger partial charge in [-0.15, -0.1) is 0 Å². The lowest BCUT2D eigenvalue weighted by molar-refractivity contribution is 0.0488. The Morgan fingerprint density at radius 2 is 1.73 bits per heavy atom. The summed E-state index contributed by atoms with van der Waals surface area (Å²) < 4.78 is 20.0. The van der Waals surface area contributed by atoms with Crippen LogP contribution in [0.4, 0.5) is 20.8 Å². The predicted molar refractivity (Wildman–Crippen MR) is 115 cm³/mol. The molecule has 2 atom stereocenters. The van der Waals surface area contributed by atoms with Crippen molar-refractivity contribution in [2.45, 2.75) is 90.4 Å². The van der Waals surface area contributed by atoms with Crippen LogP contribution in [0.1, 0.15) is 77.6 Å². The Morgan fingerprint density at radius 1 is 1.13 bits per heavy atom. The van der Waals surface area contributed by atoms with Gasteiger partial charge in [-0.25, -0.2) is 14.2 Å². The number of pyridine rings is 1. The Balaban J connectivity index is 2.14. The molecule has 0 aromatic carbocycles. The first kappa shape index (κ1) is 23.7.